The van der Waals surface area contributed by atoms with E-state index in [9.17, 15) is 10.1 Å². The molecule has 1 aromatic heterocycles. The molecule has 0 fully saturated rings. The Morgan fingerprint density at radius 1 is 1.32 bits per heavy atom. The molecule has 6 nitrogen and oxygen atoms in total. The molecule has 104 valence electrons. The van der Waals surface area contributed by atoms with Gasteiger partial charge in [0.2, 0.25) is 5.54 Å². The second kappa shape index (κ2) is 3.88. The Morgan fingerprint density at radius 2 is 1.89 bits per heavy atom. The van der Waals surface area contributed by atoms with Crippen molar-refractivity contribution < 1.29 is 9.50 Å². The van der Waals surface area contributed by atoms with E-state index < -0.39 is 11.1 Å². The lowest BCUT2D eigenvalue weighted by atomic mass is 9.84. The first kappa shape index (κ1) is 13.7. The molecule has 0 N–H and O–H groups in total. The SMILES string of the molecule is CCc1nn(C)cc1C1=[N+]([O-])C(C)(C)C(C)(C)[N+]1=O. The number of hydroxylamine groups is 1. The van der Waals surface area contributed by atoms with Crippen LogP contribution in [0.25, 0.3) is 0 Å². The van der Waals surface area contributed by atoms with Gasteiger partial charge in [-0.15, -0.1) is 4.74 Å². The fourth-order valence-electron chi connectivity index (χ4n) is 2.31. The summed E-state index contributed by atoms with van der Waals surface area (Å²) < 4.78 is 3.30. The van der Waals surface area contributed by atoms with Gasteiger partial charge in [0, 0.05) is 45.8 Å². The Bertz CT molecular complexity index is 581. The van der Waals surface area contributed by atoms with Gasteiger partial charge in [0.05, 0.1) is 5.69 Å². The zero-order chi connectivity index (χ0) is 14.6. The van der Waals surface area contributed by atoms with Crippen LogP contribution in [0.5, 0.6) is 0 Å². The zero-order valence-electron chi connectivity index (χ0n) is 12.4. The van der Waals surface area contributed by atoms with E-state index >= 15 is 0 Å². The summed E-state index contributed by atoms with van der Waals surface area (Å²) >= 11 is 0. The maximum Gasteiger partial charge on any atom is 0.508 e. The highest BCUT2D eigenvalue weighted by Gasteiger charge is 2.68. The van der Waals surface area contributed by atoms with Crippen molar-refractivity contribution in [2.75, 3.05) is 0 Å². The number of aromatic nitrogens is 2. The summed E-state index contributed by atoms with van der Waals surface area (Å²) in [7, 11) is 1.79. The fraction of sp³-hybridized carbons (Fsp3) is 0.692. The van der Waals surface area contributed by atoms with Gasteiger partial charge < -0.3 is 5.21 Å². The number of rotatable bonds is 2. The molecule has 0 saturated carbocycles. The van der Waals surface area contributed by atoms with E-state index in [-0.39, 0.29) is 5.84 Å². The van der Waals surface area contributed by atoms with Gasteiger partial charge in [-0.25, -0.2) is 0 Å². The summed E-state index contributed by atoms with van der Waals surface area (Å²) in [5.74, 6) is 0.167. The van der Waals surface area contributed by atoms with E-state index in [1.54, 1.807) is 45.6 Å². The number of aryl methyl sites for hydroxylation is 2. The van der Waals surface area contributed by atoms with E-state index in [1.165, 1.54) is 0 Å². The van der Waals surface area contributed by atoms with Gasteiger partial charge in [0.25, 0.3) is 5.54 Å². The molecule has 1 aliphatic heterocycles. The molecule has 0 amide bonds. The van der Waals surface area contributed by atoms with E-state index in [0.717, 1.165) is 15.2 Å². The lowest BCUT2D eigenvalue weighted by molar-refractivity contribution is -0.555. The van der Waals surface area contributed by atoms with E-state index in [0.29, 0.717) is 12.0 Å². The summed E-state index contributed by atoms with van der Waals surface area (Å²) in [6, 6.07) is 0. The third kappa shape index (κ3) is 1.62. The van der Waals surface area contributed by atoms with E-state index in [2.05, 4.69) is 5.10 Å². The number of nitroso groups, excluding NO2 is 1. The highest BCUT2D eigenvalue weighted by Crippen LogP contribution is 2.35. The molecule has 0 radical (unpaired) electrons. The Morgan fingerprint density at radius 3 is 2.32 bits per heavy atom. The maximum atomic E-state index is 12.5. The van der Waals surface area contributed by atoms with Crippen LogP contribution >= 0.6 is 0 Å². The van der Waals surface area contributed by atoms with Crippen LogP contribution < -0.4 is 0 Å². The summed E-state index contributed by atoms with van der Waals surface area (Å²) in [6.45, 7) is 9.13. The molecule has 1 aromatic rings. The zero-order valence-corrected chi connectivity index (χ0v) is 12.4. The van der Waals surface area contributed by atoms with Crippen molar-refractivity contribution in [3.8, 4) is 0 Å². The average molecular weight is 265 g/mol. The molecule has 0 bridgehead atoms. The molecule has 0 atom stereocenters. The van der Waals surface area contributed by atoms with Crippen molar-refractivity contribution in [2.45, 2.75) is 52.1 Å². The highest BCUT2D eigenvalue weighted by atomic mass is 16.5. The van der Waals surface area contributed by atoms with Gasteiger partial charge >= 0.3 is 5.84 Å². The lowest BCUT2D eigenvalue weighted by Gasteiger charge is -2.22. The standard InChI is InChI=1S/C13H21N4O2/c1-7-10-9(8-15(6)14-10)11-16(18)12(2,3)13(4,5)17(11)19/h8H,7H2,1-6H3/q+1. The molecule has 2 rings (SSSR count). The molecular formula is C13H21N4O2+. The summed E-state index contributed by atoms with van der Waals surface area (Å²) in [5.41, 5.74) is -0.170. The minimum atomic E-state index is -0.787. The second-order valence-electron chi connectivity index (χ2n) is 6.05. The molecule has 0 aromatic carbocycles. The predicted octanol–water partition coefficient (Wildman–Crippen LogP) is 1.59. The smallest absolute Gasteiger partial charge is 0.508 e. The Labute approximate surface area is 112 Å². The maximum absolute atomic E-state index is 12.5. The summed E-state index contributed by atoms with van der Waals surface area (Å²) in [4.78, 5) is 12.5. The van der Waals surface area contributed by atoms with Crippen molar-refractivity contribution in [3.63, 3.8) is 0 Å². The predicted molar refractivity (Wildman–Crippen MR) is 72.1 cm³/mol. The minimum absolute atomic E-state index is 0.167. The van der Waals surface area contributed by atoms with Crippen LogP contribution in [0, 0.1) is 10.1 Å². The van der Waals surface area contributed by atoms with E-state index in [1.807, 2.05) is 6.92 Å². The van der Waals surface area contributed by atoms with Crippen molar-refractivity contribution >= 4 is 5.84 Å². The van der Waals surface area contributed by atoms with Gasteiger partial charge in [-0.05, 0) is 6.42 Å². The molecule has 0 aliphatic carbocycles. The summed E-state index contributed by atoms with van der Waals surface area (Å²) in [5, 5.41) is 16.8. The number of amidine groups is 1. The first-order valence-corrected chi connectivity index (χ1v) is 6.49. The topological polar surface area (TPSA) is 64.0 Å². The number of hydrogen-bond donors (Lipinski definition) is 0. The largest absolute Gasteiger partial charge is 0.618 e. The second-order valence-corrected chi connectivity index (χ2v) is 6.05. The van der Waals surface area contributed by atoms with Crippen LogP contribution in [0.4, 0.5) is 0 Å². The Hall–Kier alpha value is -1.72. The molecule has 6 heteroatoms. The van der Waals surface area contributed by atoms with Crippen LogP contribution in [-0.2, 0) is 13.5 Å². The van der Waals surface area contributed by atoms with Gasteiger partial charge in [0.1, 0.15) is 4.76 Å². The van der Waals surface area contributed by atoms with Gasteiger partial charge in [-0.1, -0.05) is 6.92 Å². The van der Waals surface area contributed by atoms with E-state index in [4.69, 9.17) is 0 Å². The van der Waals surface area contributed by atoms with Crippen LogP contribution in [0.2, 0.25) is 0 Å². The molecule has 0 unspecified atom stereocenters. The third-order valence-electron chi connectivity index (χ3n) is 4.38. The molecule has 0 spiro atoms. The minimum Gasteiger partial charge on any atom is -0.618 e. The molecular weight excluding hydrogens is 244 g/mol. The molecule has 2 heterocycles. The average Bonchev–Trinajstić information content (AvgIpc) is 2.73. The fourth-order valence-corrected chi connectivity index (χ4v) is 2.31. The van der Waals surface area contributed by atoms with Gasteiger partial charge in [-0.3, -0.25) is 4.68 Å². The van der Waals surface area contributed by atoms with Crippen molar-refractivity contribution in [1.82, 2.24) is 9.78 Å². The van der Waals surface area contributed by atoms with Crippen molar-refractivity contribution in [2.24, 2.45) is 7.05 Å². The van der Waals surface area contributed by atoms with Gasteiger partial charge in [-0.2, -0.15) is 5.10 Å². The highest BCUT2D eigenvalue weighted by molar-refractivity contribution is 5.90. The lowest BCUT2D eigenvalue weighted by Crippen LogP contribution is -2.50. The first-order chi connectivity index (χ1) is 8.64. The Balaban J connectivity index is 2.68. The van der Waals surface area contributed by atoms with Crippen molar-refractivity contribution in [1.29, 1.82) is 0 Å². The van der Waals surface area contributed by atoms with Crippen LogP contribution in [0.1, 0.15) is 45.9 Å². The van der Waals surface area contributed by atoms with Gasteiger partial charge in [0.15, 0.2) is 5.56 Å². The quantitative estimate of drug-likeness (QED) is 0.602. The molecule has 1 aliphatic rings. The summed E-state index contributed by atoms with van der Waals surface area (Å²) in [6.07, 6.45) is 2.42. The Kier molecular flexibility index (Phi) is 2.80. The first-order valence-electron chi connectivity index (χ1n) is 6.49. The monoisotopic (exact) mass is 265 g/mol. The molecule has 19 heavy (non-hydrogen) atoms. The van der Waals surface area contributed by atoms with Crippen LogP contribution in [0.15, 0.2) is 6.20 Å². The molecule has 0 saturated heterocycles. The van der Waals surface area contributed by atoms with Crippen LogP contribution in [0.3, 0.4) is 0 Å². The van der Waals surface area contributed by atoms with Crippen LogP contribution in [-0.4, -0.2) is 36.2 Å². The normalized spacial score (nSPS) is 21.3. The number of hydrogen-bond acceptors (Lipinski definition) is 3. The third-order valence-corrected chi connectivity index (χ3v) is 4.38. The van der Waals surface area contributed by atoms with Crippen molar-refractivity contribution in [3.05, 3.63) is 27.6 Å². The number of nitrogens with zero attached hydrogens (tertiary/aromatic N) is 4.